The molecule has 0 spiro atoms. The summed E-state index contributed by atoms with van der Waals surface area (Å²) in [5.74, 6) is -0.127. The highest BCUT2D eigenvalue weighted by molar-refractivity contribution is 5.69. The Morgan fingerprint density at radius 3 is 1.02 bits per heavy atom. The van der Waals surface area contributed by atoms with Crippen LogP contribution in [0, 0.1) is 0 Å². The van der Waals surface area contributed by atoms with Crippen LogP contribution in [-0.2, 0) is 47.4 Å². The first-order valence-corrected chi connectivity index (χ1v) is 18.0. The summed E-state index contributed by atoms with van der Waals surface area (Å²) in [4.78, 5) is 11.8. The van der Waals surface area contributed by atoms with Crippen molar-refractivity contribution in [1.29, 1.82) is 0 Å². The molecule has 0 aliphatic rings. The van der Waals surface area contributed by atoms with Crippen molar-refractivity contribution in [3.05, 3.63) is 0 Å². The van der Waals surface area contributed by atoms with Crippen molar-refractivity contribution in [3.63, 3.8) is 0 Å². The summed E-state index contributed by atoms with van der Waals surface area (Å²) >= 11 is 0. The third kappa shape index (κ3) is 41.1. The van der Waals surface area contributed by atoms with Crippen molar-refractivity contribution in [2.24, 2.45) is 0 Å². The quantitative estimate of drug-likeness (QED) is 0.0538. The first kappa shape index (κ1) is 44.1. The van der Waals surface area contributed by atoms with Crippen molar-refractivity contribution in [1.82, 2.24) is 0 Å². The van der Waals surface area contributed by atoms with Gasteiger partial charge in [0.2, 0.25) is 0 Å². The number of carbonyl (C=O) groups is 1. The van der Waals surface area contributed by atoms with Gasteiger partial charge in [0.1, 0.15) is 6.61 Å². The second kappa shape index (κ2) is 39.3. The monoisotopic (exact) mass is 650 g/mol. The van der Waals surface area contributed by atoms with Gasteiger partial charge < -0.3 is 42.6 Å². The van der Waals surface area contributed by atoms with Crippen molar-refractivity contribution < 1.29 is 47.4 Å². The van der Waals surface area contributed by atoms with E-state index in [2.05, 4.69) is 6.92 Å². The fourth-order valence-corrected chi connectivity index (χ4v) is 4.34. The standard InChI is InChI=1S/C35H70O10/c1-4-5-6-7-8-9-10-11-12-13-14-15-16-17-35(36)45-33-31-43-29-27-41-25-23-39-21-19-37-18-20-38-22-24-40-26-28-42-30-32-44-34(2)3/h34H,4-33H2,1-3H3. The van der Waals surface area contributed by atoms with Crippen LogP contribution in [0.25, 0.3) is 0 Å². The largest absolute Gasteiger partial charge is 0.463 e. The Bertz CT molecular complexity index is 565. The summed E-state index contributed by atoms with van der Waals surface area (Å²) in [5, 5.41) is 0. The van der Waals surface area contributed by atoms with Crippen LogP contribution in [0.15, 0.2) is 0 Å². The van der Waals surface area contributed by atoms with Gasteiger partial charge in [-0.25, -0.2) is 0 Å². The van der Waals surface area contributed by atoms with Crippen molar-refractivity contribution in [3.8, 4) is 0 Å². The van der Waals surface area contributed by atoms with Crippen LogP contribution in [0.2, 0.25) is 0 Å². The van der Waals surface area contributed by atoms with E-state index in [-0.39, 0.29) is 12.1 Å². The predicted molar refractivity (Wildman–Crippen MR) is 178 cm³/mol. The first-order valence-electron chi connectivity index (χ1n) is 18.0. The Morgan fingerprint density at radius 1 is 0.400 bits per heavy atom. The van der Waals surface area contributed by atoms with Crippen molar-refractivity contribution in [2.45, 2.75) is 117 Å². The number of ether oxygens (including phenoxy) is 9. The van der Waals surface area contributed by atoms with Crippen LogP contribution >= 0.6 is 0 Å². The van der Waals surface area contributed by atoms with E-state index in [0.29, 0.717) is 112 Å². The van der Waals surface area contributed by atoms with Gasteiger partial charge in [-0.3, -0.25) is 4.79 Å². The van der Waals surface area contributed by atoms with Gasteiger partial charge in [0, 0.05) is 6.42 Å². The molecule has 0 rings (SSSR count). The van der Waals surface area contributed by atoms with Crippen LogP contribution in [-0.4, -0.2) is 118 Å². The molecule has 0 aromatic carbocycles. The molecule has 0 amide bonds. The van der Waals surface area contributed by atoms with Crippen molar-refractivity contribution in [2.75, 3.05) is 106 Å². The lowest BCUT2D eigenvalue weighted by molar-refractivity contribution is -0.145. The van der Waals surface area contributed by atoms with E-state index < -0.39 is 0 Å². The summed E-state index contributed by atoms with van der Waals surface area (Å²) in [7, 11) is 0. The average molecular weight is 651 g/mol. The third-order valence-electron chi connectivity index (χ3n) is 6.89. The second-order valence-electron chi connectivity index (χ2n) is 11.4. The maximum absolute atomic E-state index is 11.8. The first-order chi connectivity index (χ1) is 22.2. The maximum atomic E-state index is 11.8. The fourth-order valence-electron chi connectivity index (χ4n) is 4.34. The lowest BCUT2D eigenvalue weighted by atomic mass is 10.0. The highest BCUT2D eigenvalue weighted by Crippen LogP contribution is 2.13. The Morgan fingerprint density at radius 2 is 0.689 bits per heavy atom. The zero-order valence-electron chi connectivity index (χ0n) is 29.4. The smallest absolute Gasteiger partial charge is 0.305 e. The molecule has 270 valence electrons. The van der Waals surface area contributed by atoms with Gasteiger partial charge in [-0.15, -0.1) is 0 Å². The Labute approximate surface area is 275 Å². The van der Waals surface area contributed by atoms with Crippen molar-refractivity contribution >= 4 is 5.97 Å². The minimum atomic E-state index is -0.127. The van der Waals surface area contributed by atoms with Crippen LogP contribution in [0.3, 0.4) is 0 Å². The highest BCUT2D eigenvalue weighted by atomic mass is 16.6. The van der Waals surface area contributed by atoms with Crippen LogP contribution in [0.4, 0.5) is 0 Å². The summed E-state index contributed by atoms with van der Waals surface area (Å²) in [6, 6.07) is 0. The number of hydrogen-bond acceptors (Lipinski definition) is 10. The van der Waals surface area contributed by atoms with Gasteiger partial charge in [-0.2, -0.15) is 0 Å². The molecule has 0 atom stereocenters. The Balaban J connectivity index is 3.13. The van der Waals surface area contributed by atoms with E-state index in [1.165, 1.54) is 70.6 Å². The highest BCUT2D eigenvalue weighted by Gasteiger charge is 2.03. The topological polar surface area (TPSA) is 100 Å². The zero-order valence-corrected chi connectivity index (χ0v) is 29.4. The van der Waals surface area contributed by atoms with Gasteiger partial charge in [-0.05, 0) is 20.3 Å². The minimum absolute atomic E-state index is 0.127. The molecule has 0 radical (unpaired) electrons. The summed E-state index contributed by atoms with van der Waals surface area (Å²) < 4.78 is 48.8. The average Bonchev–Trinajstić information content (AvgIpc) is 3.03. The van der Waals surface area contributed by atoms with Crippen LogP contribution < -0.4 is 0 Å². The van der Waals surface area contributed by atoms with Gasteiger partial charge in [0.25, 0.3) is 0 Å². The molecule has 10 heteroatoms. The Kier molecular flexibility index (Phi) is 38.6. The van der Waals surface area contributed by atoms with Crippen LogP contribution in [0.5, 0.6) is 0 Å². The molecule has 0 aliphatic heterocycles. The molecule has 0 heterocycles. The van der Waals surface area contributed by atoms with Gasteiger partial charge in [0.15, 0.2) is 0 Å². The molecule has 45 heavy (non-hydrogen) atoms. The number of esters is 1. The molecule has 0 aromatic heterocycles. The van der Waals surface area contributed by atoms with E-state index in [1.807, 2.05) is 13.8 Å². The number of hydrogen-bond donors (Lipinski definition) is 0. The van der Waals surface area contributed by atoms with Gasteiger partial charge in [-0.1, -0.05) is 84.0 Å². The lowest BCUT2D eigenvalue weighted by Gasteiger charge is -2.09. The molecule has 10 nitrogen and oxygen atoms in total. The molecular weight excluding hydrogens is 580 g/mol. The van der Waals surface area contributed by atoms with E-state index in [1.54, 1.807) is 0 Å². The number of unbranched alkanes of at least 4 members (excludes halogenated alkanes) is 12. The van der Waals surface area contributed by atoms with E-state index >= 15 is 0 Å². The summed E-state index contributed by atoms with van der Waals surface area (Å²) in [6.45, 7) is 14.3. The fraction of sp³-hybridized carbons (Fsp3) is 0.971. The molecule has 0 fully saturated rings. The predicted octanol–water partition coefficient (Wildman–Crippen LogP) is 6.55. The minimum Gasteiger partial charge on any atom is -0.463 e. The van der Waals surface area contributed by atoms with Crippen LogP contribution in [0.1, 0.15) is 111 Å². The van der Waals surface area contributed by atoms with E-state index in [4.69, 9.17) is 42.6 Å². The summed E-state index contributed by atoms with van der Waals surface area (Å²) in [6.07, 6.45) is 17.6. The maximum Gasteiger partial charge on any atom is 0.305 e. The molecule has 0 saturated heterocycles. The molecular formula is C35H70O10. The number of carbonyl (C=O) groups excluding carboxylic acids is 1. The summed E-state index contributed by atoms with van der Waals surface area (Å²) in [5.41, 5.74) is 0. The van der Waals surface area contributed by atoms with Gasteiger partial charge >= 0.3 is 5.97 Å². The SMILES string of the molecule is CCCCCCCCCCCCCCCC(=O)OCCOCCOCCOCCOCCOCCOCCOCCOC(C)C. The van der Waals surface area contributed by atoms with E-state index in [0.717, 1.165) is 12.8 Å². The van der Waals surface area contributed by atoms with E-state index in [9.17, 15) is 4.79 Å². The molecule has 0 N–H and O–H groups in total. The zero-order chi connectivity index (χ0) is 32.7. The number of rotatable bonds is 39. The lowest BCUT2D eigenvalue weighted by Crippen LogP contribution is -2.15. The Hall–Kier alpha value is -0.850. The molecule has 0 aliphatic carbocycles. The molecule has 0 unspecified atom stereocenters. The third-order valence-corrected chi connectivity index (χ3v) is 6.89. The van der Waals surface area contributed by atoms with Gasteiger partial charge in [0.05, 0.1) is 105 Å². The molecule has 0 aromatic rings. The molecule has 0 bridgehead atoms. The normalized spacial score (nSPS) is 11.6. The second-order valence-corrected chi connectivity index (χ2v) is 11.4. The molecule has 0 saturated carbocycles.